The molecule has 2 heterocycles. The first-order valence-electron chi connectivity index (χ1n) is 6.03. The van der Waals surface area contributed by atoms with E-state index in [1.54, 1.807) is 6.20 Å². The molecule has 0 saturated carbocycles. The minimum Gasteiger partial charge on any atom is -0.376 e. The van der Waals surface area contributed by atoms with Crippen molar-refractivity contribution in [1.29, 1.82) is 0 Å². The minimum absolute atomic E-state index is 0.234. The van der Waals surface area contributed by atoms with Crippen LogP contribution in [0.4, 0.5) is 5.82 Å². The van der Waals surface area contributed by atoms with Crippen LogP contribution in [0.1, 0.15) is 26.7 Å². The summed E-state index contributed by atoms with van der Waals surface area (Å²) in [5.74, 6) is 1.26. The first kappa shape index (κ1) is 12.6. The molecule has 0 bridgehead atoms. The van der Waals surface area contributed by atoms with Crippen molar-refractivity contribution in [2.45, 2.75) is 38.8 Å². The highest BCUT2D eigenvalue weighted by atomic mass is 35.5. The molecule has 1 fully saturated rings. The van der Waals surface area contributed by atoms with Crippen molar-refractivity contribution in [1.82, 2.24) is 9.97 Å². The van der Waals surface area contributed by atoms with E-state index < -0.39 is 0 Å². The number of anilines is 1. The normalized spacial score (nSPS) is 24.9. The summed E-state index contributed by atoms with van der Waals surface area (Å²) < 4.78 is 5.82. The molecule has 5 heteroatoms. The molecule has 17 heavy (non-hydrogen) atoms. The van der Waals surface area contributed by atoms with Crippen LogP contribution in [0.2, 0.25) is 5.28 Å². The molecule has 0 unspecified atom stereocenters. The second-order valence-corrected chi connectivity index (χ2v) is 5.02. The average molecular weight is 256 g/mol. The highest BCUT2D eigenvalue weighted by Gasteiger charge is 2.28. The summed E-state index contributed by atoms with van der Waals surface area (Å²) in [6.45, 7) is 5.21. The van der Waals surface area contributed by atoms with Crippen molar-refractivity contribution < 1.29 is 4.74 Å². The van der Waals surface area contributed by atoms with Gasteiger partial charge in [0.05, 0.1) is 12.1 Å². The molecule has 0 amide bonds. The fourth-order valence-corrected chi connectivity index (χ4v) is 2.37. The number of hydrogen-bond acceptors (Lipinski definition) is 4. The maximum atomic E-state index is 5.82. The van der Waals surface area contributed by atoms with Gasteiger partial charge in [0, 0.05) is 12.8 Å². The van der Waals surface area contributed by atoms with Crippen molar-refractivity contribution in [3.05, 3.63) is 17.5 Å². The maximum absolute atomic E-state index is 5.82. The fraction of sp³-hybridized carbons (Fsp3) is 0.667. The van der Waals surface area contributed by atoms with Gasteiger partial charge in [0.1, 0.15) is 5.82 Å². The third-order valence-corrected chi connectivity index (χ3v) is 3.16. The Morgan fingerprint density at radius 2 is 2.35 bits per heavy atom. The van der Waals surface area contributed by atoms with Gasteiger partial charge in [-0.1, -0.05) is 13.8 Å². The van der Waals surface area contributed by atoms with Crippen molar-refractivity contribution in [3.63, 3.8) is 0 Å². The van der Waals surface area contributed by atoms with Gasteiger partial charge in [-0.2, -0.15) is 0 Å². The zero-order valence-corrected chi connectivity index (χ0v) is 10.9. The summed E-state index contributed by atoms with van der Waals surface area (Å²) in [5, 5.41) is 3.66. The molecule has 1 aromatic rings. The van der Waals surface area contributed by atoms with E-state index in [-0.39, 0.29) is 11.4 Å². The number of ether oxygens (including phenoxy) is 1. The van der Waals surface area contributed by atoms with Gasteiger partial charge in [-0.15, -0.1) is 0 Å². The molecular formula is C12H18ClN3O. The lowest BCUT2D eigenvalue weighted by atomic mass is 9.94. The van der Waals surface area contributed by atoms with Crippen LogP contribution in [0.25, 0.3) is 0 Å². The van der Waals surface area contributed by atoms with Gasteiger partial charge in [0.25, 0.3) is 0 Å². The highest BCUT2D eigenvalue weighted by molar-refractivity contribution is 6.28. The summed E-state index contributed by atoms with van der Waals surface area (Å²) >= 11 is 5.77. The van der Waals surface area contributed by atoms with Crippen molar-refractivity contribution in [2.75, 3.05) is 11.9 Å². The van der Waals surface area contributed by atoms with Crippen molar-refractivity contribution in [2.24, 2.45) is 5.92 Å². The third-order valence-electron chi connectivity index (χ3n) is 2.98. The molecular weight excluding hydrogens is 238 g/mol. The lowest BCUT2D eigenvalue weighted by Gasteiger charge is -2.35. The number of aromatic nitrogens is 2. The van der Waals surface area contributed by atoms with Crippen LogP contribution < -0.4 is 5.32 Å². The van der Waals surface area contributed by atoms with E-state index in [9.17, 15) is 0 Å². The van der Waals surface area contributed by atoms with Crippen LogP contribution in [0, 0.1) is 5.92 Å². The Labute approximate surface area is 107 Å². The van der Waals surface area contributed by atoms with Gasteiger partial charge in [-0.25, -0.2) is 9.97 Å². The van der Waals surface area contributed by atoms with Crippen molar-refractivity contribution >= 4 is 17.4 Å². The van der Waals surface area contributed by atoms with Crippen LogP contribution in [0.15, 0.2) is 12.3 Å². The lowest BCUT2D eigenvalue weighted by molar-refractivity contribution is -0.0203. The standard InChI is InChI=1S/C12H18ClN3O/c1-8(2)11-9(4-3-7-17-11)15-10-5-6-14-12(13)16-10/h5-6,8-9,11H,3-4,7H2,1-2H3,(H,14,15,16)/t9-,11-/m0/s1. The number of hydrogen-bond donors (Lipinski definition) is 1. The number of nitrogens with zero attached hydrogens (tertiary/aromatic N) is 2. The summed E-state index contributed by atoms with van der Waals surface area (Å²) in [6.07, 6.45) is 4.08. The largest absolute Gasteiger partial charge is 0.376 e. The second-order valence-electron chi connectivity index (χ2n) is 4.68. The SMILES string of the molecule is CC(C)[C@@H]1OCCC[C@@H]1Nc1ccnc(Cl)n1. The van der Waals surface area contributed by atoms with Crippen LogP contribution in [-0.4, -0.2) is 28.7 Å². The summed E-state index contributed by atoms with van der Waals surface area (Å²) in [4.78, 5) is 8.02. The Bertz CT molecular complexity index is 373. The molecule has 1 aliphatic heterocycles. The Morgan fingerprint density at radius 1 is 1.53 bits per heavy atom. The van der Waals surface area contributed by atoms with E-state index in [0.29, 0.717) is 12.0 Å². The van der Waals surface area contributed by atoms with E-state index in [1.807, 2.05) is 6.07 Å². The molecule has 1 aromatic heterocycles. The minimum atomic E-state index is 0.234. The summed E-state index contributed by atoms with van der Waals surface area (Å²) in [7, 11) is 0. The molecule has 0 aromatic carbocycles. The molecule has 94 valence electrons. The smallest absolute Gasteiger partial charge is 0.224 e. The molecule has 1 saturated heterocycles. The molecule has 0 spiro atoms. The highest BCUT2D eigenvalue weighted by Crippen LogP contribution is 2.23. The Balaban J connectivity index is 2.05. The summed E-state index contributed by atoms with van der Waals surface area (Å²) in [6, 6.07) is 2.13. The first-order valence-corrected chi connectivity index (χ1v) is 6.41. The third kappa shape index (κ3) is 3.30. The lowest BCUT2D eigenvalue weighted by Crippen LogP contribution is -2.43. The van der Waals surface area contributed by atoms with E-state index in [1.165, 1.54) is 0 Å². The Hall–Kier alpha value is -0.870. The van der Waals surface area contributed by atoms with Gasteiger partial charge < -0.3 is 10.1 Å². The molecule has 1 aliphatic rings. The predicted octanol–water partition coefficient (Wildman–Crippen LogP) is 2.75. The number of nitrogens with one attached hydrogen (secondary N) is 1. The Morgan fingerprint density at radius 3 is 3.06 bits per heavy atom. The molecule has 2 atom stereocenters. The molecule has 1 N–H and O–H groups in total. The van der Waals surface area contributed by atoms with Crippen LogP contribution in [0.3, 0.4) is 0 Å². The van der Waals surface area contributed by atoms with Crippen molar-refractivity contribution in [3.8, 4) is 0 Å². The number of halogens is 1. The van der Waals surface area contributed by atoms with Gasteiger partial charge >= 0.3 is 0 Å². The predicted molar refractivity (Wildman–Crippen MR) is 68.3 cm³/mol. The van der Waals surface area contributed by atoms with Gasteiger partial charge in [-0.05, 0) is 36.4 Å². The van der Waals surface area contributed by atoms with E-state index in [4.69, 9.17) is 16.3 Å². The van der Waals surface area contributed by atoms with Crippen LogP contribution in [0.5, 0.6) is 0 Å². The molecule has 0 radical (unpaired) electrons. The van der Waals surface area contributed by atoms with E-state index in [2.05, 4.69) is 29.1 Å². The Kier molecular flexibility index (Phi) is 4.18. The first-order chi connectivity index (χ1) is 8.16. The summed E-state index contributed by atoms with van der Waals surface area (Å²) in [5.41, 5.74) is 0. The maximum Gasteiger partial charge on any atom is 0.224 e. The fourth-order valence-electron chi connectivity index (χ4n) is 2.22. The zero-order chi connectivity index (χ0) is 12.3. The molecule has 4 nitrogen and oxygen atoms in total. The molecule has 0 aliphatic carbocycles. The average Bonchev–Trinajstić information content (AvgIpc) is 2.29. The number of rotatable bonds is 3. The molecule has 2 rings (SSSR count). The monoisotopic (exact) mass is 255 g/mol. The van der Waals surface area contributed by atoms with Gasteiger partial charge in [-0.3, -0.25) is 0 Å². The second kappa shape index (κ2) is 5.65. The van der Waals surface area contributed by atoms with E-state index >= 15 is 0 Å². The quantitative estimate of drug-likeness (QED) is 0.844. The topological polar surface area (TPSA) is 47.0 Å². The van der Waals surface area contributed by atoms with Crippen LogP contribution in [-0.2, 0) is 4.74 Å². The zero-order valence-electron chi connectivity index (χ0n) is 10.2. The van der Waals surface area contributed by atoms with Crippen LogP contribution >= 0.6 is 11.6 Å². The van der Waals surface area contributed by atoms with Gasteiger partial charge in [0.15, 0.2) is 0 Å². The van der Waals surface area contributed by atoms with E-state index in [0.717, 1.165) is 25.3 Å². The van der Waals surface area contributed by atoms with Gasteiger partial charge in [0.2, 0.25) is 5.28 Å².